The van der Waals surface area contributed by atoms with Crippen LogP contribution in [0.1, 0.15) is 12.5 Å². The summed E-state index contributed by atoms with van der Waals surface area (Å²) < 4.78 is 6.48. The maximum atomic E-state index is 5.74. The molecular formula is C13H11BrN2O. The molecule has 0 spiro atoms. The lowest BCUT2D eigenvalue weighted by molar-refractivity contribution is 0.457. The van der Waals surface area contributed by atoms with Gasteiger partial charge in [0.25, 0.3) is 0 Å². The van der Waals surface area contributed by atoms with E-state index < -0.39 is 0 Å². The molecule has 2 rings (SSSR count). The van der Waals surface area contributed by atoms with Crippen molar-refractivity contribution in [1.82, 2.24) is 9.97 Å². The minimum absolute atomic E-state index is 0.511. The van der Waals surface area contributed by atoms with Crippen molar-refractivity contribution < 1.29 is 4.74 Å². The maximum Gasteiger partial charge on any atom is 0.236 e. The van der Waals surface area contributed by atoms with Gasteiger partial charge in [-0.3, -0.25) is 0 Å². The Morgan fingerprint density at radius 2 is 2.12 bits per heavy atom. The Balaban J connectivity index is 2.33. The van der Waals surface area contributed by atoms with E-state index in [1.165, 1.54) is 6.33 Å². The van der Waals surface area contributed by atoms with Gasteiger partial charge in [-0.15, -0.1) is 0 Å². The van der Waals surface area contributed by atoms with Crippen molar-refractivity contribution >= 4 is 22.0 Å². The van der Waals surface area contributed by atoms with Crippen molar-refractivity contribution in [1.29, 1.82) is 0 Å². The lowest BCUT2D eigenvalue weighted by atomic mass is 10.2. The monoisotopic (exact) mass is 290 g/mol. The van der Waals surface area contributed by atoms with Gasteiger partial charge in [0.05, 0.1) is 4.47 Å². The molecule has 17 heavy (non-hydrogen) atoms. The number of hydrogen-bond donors (Lipinski definition) is 0. The number of benzene rings is 1. The standard InChI is InChI=1S/C13H11BrN2O/c1-2-5-10-6-3-4-7-12(10)17-13-11(14)8-15-9-16-13/h2-9H,1H3. The second-order valence-electron chi connectivity index (χ2n) is 3.32. The van der Waals surface area contributed by atoms with Crippen LogP contribution in [0.2, 0.25) is 0 Å². The molecule has 2 aromatic rings. The molecule has 0 saturated carbocycles. The van der Waals surface area contributed by atoms with E-state index in [0.29, 0.717) is 5.88 Å². The molecule has 0 bridgehead atoms. The molecule has 4 heteroatoms. The number of nitrogens with zero attached hydrogens (tertiary/aromatic N) is 2. The summed E-state index contributed by atoms with van der Waals surface area (Å²) in [6, 6.07) is 7.79. The van der Waals surface area contributed by atoms with Crippen molar-refractivity contribution in [2.75, 3.05) is 0 Å². The molecule has 0 aliphatic carbocycles. The molecule has 0 aliphatic rings. The van der Waals surface area contributed by atoms with Gasteiger partial charge in [0.1, 0.15) is 12.1 Å². The molecule has 1 aromatic carbocycles. The first-order chi connectivity index (χ1) is 8.31. The Morgan fingerprint density at radius 3 is 2.88 bits per heavy atom. The molecule has 0 radical (unpaired) electrons. The van der Waals surface area contributed by atoms with Gasteiger partial charge in [-0.1, -0.05) is 30.4 Å². The van der Waals surface area contributed by atoms with Gasteiger partial charge < -0.3 is 4.74 Å². The average molecular weight is 291 g/mol. The Hall–Kier alpha value is -1.68. The third kappa shape index (κ3) is 2.91. The lowest BCUT2D eigenvalue weighted by Gasteiger charge is -2.08. The minimum atomic E-state index is 0.511. The fraction of sp³-hybridized carbons (Fsp3) is 0.0769. The molecule has 86 valence electrons. The molecule has 0 atom stereocenters. The number of para-hydroxylation sites is 1. The predicted molar refractivity (Wildman–Crippen MR) is 71.0 cm³/mol. The molecule has 0 fully saturated rings. The van der Waals surface area contributed by atoms with Gasteiger partial charge in [-0.25, -0.2) is 9.97 Å². The fourth-order valence-electron chi connectivity index (χ4n) is 1.37. The van der Waals surface area contributed by atoms with Crippen molar-refractivity contribution in [2.24, 2.45) is 0 Å². The Bertz CT molecular complexity index is 540. The summed E-state index contributed by atoms with van der Waals surface area (Å²) in [6.45, 7) is 1.97. The number of aromatic nitrogens is 2. The molecule has 0 aliphatic heterocycles. The van der Waals surface area contributed by atoms with Crippen LogP contribution in [-0.2, 0) is 0 Å². The molecular weight excluding hydrogens is 280 g/mol. The van der Waals surface area contributed by atoms with Crippen LogP contribution < -0.4 is 4.74 Å². The highest BCUT2D eigenvalue weighted by atomic mass is 79.9. The van der Waals surface area contributed by atoms with E-state index in [4.69, 9.17) is 4.74 Å². The topological polar surface area (TPSA) is 35.0 Å². The first kappa shape index (κ1) is 11.8. The molecule has 0 unspecified atom stereocenters. The highest BCUT2D eigenvalue weighted by Crippen LogP contribution is 2.29. The van der Waals surface area contributed by atoms with Crippen molar-refractivity contribution in [3.05, 3.63) is 52.9 Å². The average Bonchev–Trinajstić information content (AvgIpc) is 2.35. The van der Waals surface area contributed by atoms with Gasteiger partial charge in [-0.05, 0) is 28.9 Å². The van der Waals surface area contributed by atoms with Crippen molar-refractivity contribution in [3.63, 3.8) is 0 Å². The summed E-state index contributed by atoms with van der Waals surface area (Å²) in [4.78, 5) is 7.96. The number of allylic oxidation sites excluding steroid dienone is 1. The zero-order valence-electron chi connectivity index (χ0n) is 9.30. The van der Waals surface area contributed by atoms with Crippen LogP contribution in [0.5, 0.6) is 11.6 Å². The Morgan fingerprint density at radius 1 is 1.29 bits per heavy atom. The summed E-state index contributed by atoms with van der Waals surface area (Å²) in [6.07, 6.45) is 7.07. The summed E-state index contributed by atoms with van der Waals surface area (Å²) >= 11 is 3.35. The van der Waals surface area contributed by atoms with Crippen LogP contribution in [0.4, 0.5) is 0 Å². The quantitative estimate of drug-likeness (QED) is 0.855. The highest BCUT2D eigenvalue weighted by molar-refractivity contribution is 9.10. The van der Waals surface area contributed by atoms with Gasteiger partial charge in [-0.2, -0.15) is 0 Å². The van der Waals surface area contributed by atoms with E-state index in [1.807, 2.05) is 43.3 Å². The molecule has 0 amide bonds. The van der Waals surface area contributed by atoms with Crippen molar-refractivity contribution in [3.8, 4) is 11.6 Å². The van der Waals surface area contributed by atoms with E-state index in [2.05, 4.69) is 25.9 Å². The normalized spacial score (nSPS) is 10.7. The smallest absolute Gasteiger partial charge is 0.236 e. The fourth-order valence-corrected chi connectivity index (χ4v) is 1.67. The lowest BCUT2D eigenvalue weighted by Crippen LogP contribution is -1.91. The summed E-state index contributed by atoms with van der Waals surface area (Å²) in [5.74, 6) is 1.28. The second kappa shape index (κ2) is 5.59. The zero-order valence-corrected chi connectivity index (χ0v) is 10.9. The third-order valence-corrected chi connectivity index (χ3v) is 2.65. The summed E-state index contributed by atoms with van der Waals surface area (Å²) in [5, 5.41) is 0. The first-order valence-corrected chi connectivity index (χ1v) is 5.95. The van der Waals surface area contributed by atoms with Crippen LogP contribution in [0, 0.1) is 0 Å². The van der Waals surface area contributed by atoms with Gasteiger partial charge in [0, 0.05) is 11.8 Å². The van der Waals surface area contributed by atoms with E-state index >= 15 is 0 Å². The molecule has 3 nitrogen and oxygen atoms in total. The highest BCUT2D eigenvalue weighted by Gasteiger charge is 2.06. The van der Waals surface area contributed by atoms with Crippen LogP contribution >= 0.6 is 15.9 Å². The molecule has 0 saturated heterocycles. The number of hydrogen-bond acceptors (Lipinski definition) is 3. The van der Waals surface area contributed by atoms with Crippen LogP contribution in [0.3, 0.4) is 0 Å². The first-order valence-electron chi connectivity index (χ1n) is 5.16. The van der Waals surface area contributed by atoms with Gasteiger partial charge in [0.15, 0.2) is 0 Å². The molecule has 1 aromatic heterocycles. The Labute approximate surface area is 108 Å². The Kier molecular flexibility index (Phi) is 3.88. The second-order valence-corrected chi connectivity index (χ2v) is 4.17. The third-order valence-electron chi connectivity index (χ3n) is 2.11. The van der Waals surface area contributed by atoms with Crippen LogP contribution in [0.15, 0.2) is 47.3 Å². The van der Waals surface area contributed by atoms with E-state index in [1.54, 1.807) is 6.20 Å². The van der Waals surface area contributed by atoms with E-state index in [-0.39, 0.29) is 0 Å². The molecule has 1 heterocycles. The minimum Gasteiger partial charge on any atom is -0.437 e. The number of rotatable bonds is 3. The zero-order chi connectivity index (χ0) is 12.1. The largest absolute Gasteiger partial charge is 0.437 e. The van der Waals surface area contributed by atoms with Crippen LogP contribution in [-0.4, -0.2) is 9.97 Å². The SMILES string of the molecule is CC=Cc1ccccc1Oc1ncncc1Br. The molecule has 0 N–H and O–H groups in total. The number of halogens is 1. The van der Waals surface area contributed by atoms with Crippen LogP contribution in [0.25, 0.3) is 6.08 Å². The summed E-state index contributed by atoms with van der Waals surface area (Å²) in [7, 11) is 0. The van der Waals surface area contributed by atoms with Gasteiger partial charge in [0.2, 0.25) is 5.88 Å². The van der Waals surface area contributed by atoms with E-state index in [9.17, 15) is 0 Å². The predicted octanol–water partition coefficient (Wildman–Crippen LogP) is 4.06. The van der Waals surface area contributed by atoms with Crippen molar-refractivity contribution in [2.45, 2.75) is 6.92 Å². The number of ether oxygens (including phenoxy) is 1. The maximum absolute atomic E-state index is 5.74. The van der Waals surface area contributed by atoms with Gasteiger partial charge >= 0.3 is 0 Å². The summed E-state index contributed by atoms with van der Waals surface area (Å²) in [5.41, 5.74) is 1.01. The van der Waals surface area contributed by atoms with E-state index in [0.717, 1.165) is 15.8 Å².